The van der Waals surface area contributed by atoms with E-state index < -0.39 is 0 Å². The van der Waals surface area contributed by atoms with Gasteiger partial charge in [-0.25, -0.2) is 4.98 Å². The zero-order valence-corrected chi connectivity index (χ0v) is 14.6. The lowest BCUT2D eigenvalue weighted by molar-refractivity contribution is 0.0918. The molecule has 1 unspecified atom stereocenters. The van der Waals surface area contributed by atoms with E-state index in [0.717, 1.165) is 12.8 Å². The fourth-order valence-corrected chi connectivity index (χ4v) is 3.43. The van der Waals surface area contributed by atoms with Gasteiger partial charge in [0.05, 0.1) is 29.2 Å². The first-order chi connectivity index (χ1) is 11.0. The topological polar surface area (TPSA) is 84.2 Å². The van der Waals surface area contributed by atoms with Crippen molar-refractivity contribution in [2.45, 2.75) is 52.6 Å². The van der Waals surface area contributed by atoms with Gasteiger partial charge in [-0.15, -0.1) is 11.3 Å². The smallest absolute Gasteiger partial charge is 0.262 e. The van der Waals surface area contributed by atoms with Gasteiger partial charge in [0.15, 0.2) is 0 Å². The van der Waals surface area contributed by atoms with Gasteiger partial charge in [-0.1, -0.05) is 20.3 Å². The summed E-state index contributed by atoms with van der Waals surface area (Å²) < 4.78 is 1.61. The van der Waals surface area contributed by atoms with E-state index in [1.165, 1.54) is 11.3 Å². The molecule has 0 radical (unpaired) electrons. The molecule has 2 heterocycles. The van der Waals surface area contributed by atoms with Crippen LogP contribution in [-0.2, 0) is 6.54 Å². The third kappa shape index (κ3) is 3.61. The number of aryl methyl sites for hydroxylation is 2. The second-order valence-corrected chi connectivity index (χ2v) is 6.59. The number of amides is 1. The quantitative estimate of drug-likeness (QED) is 0.810. The molecule has 7 heteroatoms. The standard InChI is InChI=1S/C16H23N3O3S/c1-4-6-7-19-9-17-15-12(16(19)22)10(3)13(23-15)14(21)18-11(5-2)8-20/h9,11,20H,4-8H2,1-3H3,(H,18,21). The van der Waals surface area contributed by atoms with E-state index in [1.54, 1.807) is 17.8 Å². The summed E-state index contributed by atoms with van der Waals surface area (Å²) >= 11 is 1.22. The summed E-state index contributed by atoms with van der Waals surface area (Å²) in [5.74, 6) is -0.258. The number of aliphatic hydroxyl groups excluding tert-OH is 1. The van der Waals surface area contributed by atoms with Crippen molar-refractivity contribution >= 4 is 27.5 Å². The van der Waals surface area contributed by atoms with Crippen LogP contribution in [0.3, 0.4) is 0 Å². The summed E-state index contributed by atoms with van der Waals surface area (Å²) in [6, 6.07) is -0.277. The van der Waals surface area contributed by atoms with E-state index in [2.05, 4.69) is 17.2 Å². The average molecular weight is 337 g/mol. The predicted octanol–water partition coefficient (Wildman–Crippen LogP) is 2.07. The van der Waals surface area contributed by atoms with Crippen LogP contribution >= 0.6 is 11.3 Å². The second-order valence-electron chi connectivity index (χ2n) is 5.59. The number of hydrogen-bond donors (Lipinski definition) is 2. The van der Waals surface area contributed by atoms with E-state index in [-0.39, 0.29) is 24.1 Å². The van der Waals surface area contributed by atoms with Gasteiger partial charge in [0, 0.05) is 6.54 Å². The lowest BCUT2D eigenvalue weighted by Gasteiger charge is -2.13. The third-order valence-electron chi connectivity index (χ3n) is 3.92. The monoisotopic (exact) mass is 337 g/mol. The minimum absolute atomic E-state index is 0.0922. The van der Waals surface area contributed by atoms with Crippen LogP contribution in [0.2, 0.25) is 0 Å². The van der Waals surface area contributed by atoms with Crippen LogP contribution in [-0.4, -0.2) is 33.2 Å². The minimum atomic E-state index is -0.277. The molecule has 2 aromatic heterocycles. The van der Waals surface area contributed by atoms with Crippen molar-refractivity contribution in [1.82, 2.24) is 14.9 Å². The number of rotatable bonds is 7. The average Bonchev–Trinajstić information content (AvgIpc) is 2.89. The highest BCUT2D eigenvalue weighted by Gasteiger charge is 2.20. The number of nitrogens with zero attached hydrogens (tertiary/aromatic N) is 2. The molecule has 0 spiro atoms. The van der Waals surface area contributed by atoms with Crippen LogP contribution in [0, 0.1) is 6.92 Å². The maximum atomic E-state index is 12.6. The molecule has 0 saturated heterocycles. The van der Waals surface area contributed by atoms with Crippen molar-refractivity contribution in [3.63, 3.8) is 0 Å². The summed E-state index contributed by atoms with van der Waals surface area (Å²) in [5.41, 5.74) is 0.573. The normalized spacial score (nSPS) is 12.5. The van der Waals surface area contributed by atoms with Crippen molar-refractivity contribution in [3.05, 3.63) is 27.1 Å². The van der Waals surface area contributed by atoms with Crippen molar-refractivity contribution < 1.29 is 9.90 Å². The van der Waals surface area contributed by atoms with Crippen LogP contribution in [0.25, 0.3) is 10.2 Å². The van der Waals surface area contributed by atoms with Gasteiger partial charge in [-0.2, -0.15) is 0 Å². The lowest BCUT2D eigenvalue weighted by atomic mass is 10.2. The molecule has 2 aromatic rings. The molecule has 6 nitrogen and oxygen atoms in total. The zero-order valence-electron chi connectivity index (χ0n) is 13.8. The fourth-order valence-electron chi connectivity index (χ4n) is 2.39. The summed E-state index contributed by atoms with van der Waals surface area (Å²) in [5, 5.41) is 12.5. The Hall–Kier alpha value is -1.73. The Bertz CT molecular complexity index is 747. The number of thiophene rings is 1. The highest BCUT2D eigenvalue weighted by molar-refractivity contribution is 7.20. The van der Waals surface area contributed by atoms with E-state index in [0.29, 0.717) is 33.6 Å². The van der Waals surface area contributed by atoms with Crippen LogP contribution in [0.1, 0.15) is 48.3 Å². The second kappa shape index (κ2) is 7.70. The molecule has 1 atom stereocenters. The number of carbonyl (C=O) groups is 1. The first-order valence-corrected chi connectivity index (χ1v) is 8.75. The SMILES string of the molecule is CCCCn1cnc2sc(C(=O)NC(CC)CO)c(C)c2c1=O. The molecule has 0 aliphatic carbocycles. The Morgan fingerprint density at radius 2 is 2.22 bits per heavy atom. The van der Waals surface area contributed by atoms with Crippen molar-refractivity contribution in [3.8, 4) is 0 Å². The van der Waals surface area contributed by atoms with Crippen LogP contribution in [0.15, 0.2) is 11.1 Å². The number of nitrogens with one attached hydrogen (secondary N) is 1. The fraction of sp³-hybridized carbons (Fsp3) is 0.562. The highest BCUT2D eigenvalue weighted by atomic mass is 32.1. The van der Waals surface area contributed by atoms with Gasteiger partial charge in [0.2, 0.25) is 0 Å². The molecule has 0 aromatic carbocycles. The largest absolute Gasteiger partial charge is 0.394 e. The Labute approximate surface area is 139 Å². The van der Waals surface area contributed by atoms with Crippen LogP contribution in [0.4, 0.5) is 0 Å². The maximum absolute atomic E-state index is 12.6. The molecule has 23 heavy (non-hydrogen) atoms. The van der Waals surface area contributed by atoms with E-state index in [4.69, 9.17) is 0 Å². The Kier molecular flexibility index (Phi) is 5.90. The molecule has 0 aliphatic heterocycles. The summed E-state index contributed by atoms with van der Waals surface area (Å²) in [4.78, 5) is 30.4. The first kappa shape index (κ1) is 17.6. The molecule has 0 aliphatic rings. The van der Waals surface area contributed by atoms with E-state index >= 15 is 0 Å². The molecule has 126 valence electrons. The molecule has 0 fully saturated rings. The molecule has 2 N–H and O–H groups in total. The number of hydrogen-bond acceptors (Lipinski definition) is 5. The zero-order chi connectivity index (χ0) is 17.0. The van der Waals surface area contributed by atoms with Crippen LogP contribution < -0.4 is 10.9 Å². The van der Waals surface area contributed by atoms with Crippen LogP contribution in [0.5, 0.6) is 0 Å². The highest BCUT2D eigenvalue weighted by Crippen LogP contribution is 2.26. The number of fused-ring (bicyclic) bond motifs is 1. The van der Waals surface area contributed by atoms with Gasteiger partial charge in [-0.05, 0) is 25.3 Å². The predicted molar refractivity (Wildman–Crippen MR) is 92.2 cm³/mol. The number of carbonyl (C=O) groups excluding carboxylic acids is 1. The minimum Gasteiger partial charge on any atom is -0.394 e. The summed E-state index contributed by atoms with van der Waals surface area (Å²) in [7, 11) is 0. The molecular formula is C16H23N3O3S. The Morgan fingerprint density at radius 3 is 2.83 bits per heavy atom. The van der Waals surface area contributed by atoms with E-state index in [1.807, 2.05) is 6.92 Å². The lowest BCUT2D eigenvalue weighted by Crippen LogP contribution is -2.36. The Morgan fingerprint density at radius 1 is 1.48 bits per heavy atom. The molecule has 0 bridgehead atoms. The summed E-state index contributed by atoms with van der Waals surface area (Å²) in [6.07, 6.45) is 4.12. The summed E-state index contributed by atoms with van der Waals surface area (Å²) in [6.45, 7) is 6.28. The molecule has 2 rings (SSSR count). The maximum Gasteiger partial charge on any atom is 0.262 e. The molecule has 0 saturated carbocycles. The first-order valence-electron chi connectivity index (χ1n) is 7.93. The molecular weight excluding hydrogens is 314 g/mol. The number of aliphatic hydroxyl groups is 1. The van der Waals surface area contributed by atoms with Gasteiger partial charge >= 0.3 is 0 Å². The van der Waals surface area contributed by atoms with Crippen molar-refractivity contribution in [2.24, 2.45) is 0 Å². The van der Waals surface area contributed by atoms with Gasteiger partial charge < -0.3 is 10.4 Å². The van der Waals surface area contributed by atoms with Gasteiger partial charge in [-0.3, -0.25) is 14.2 Å². The Balaban J connectivity index is 2.40. The number of unbranched alkanes of at least 4 members (excludes halogenated alkanes) is 1. The third-order valence-corrected chi connectivity index (χ3v) is 5.12. The number of aromatic nitrogens is 2. The van der Waals surface area contributed by atoms with Crippen molar-refractivity contribution in [1.29, 1.82) is 0 Å². The van der Waals surface area contributed by atoms with E-state index in [9.17, 15) is 14.7 Å². The van der Waals surface area contributed by atoms with Gasteiger partial charge in [0.25, 0.3) is 11.5 Å². The van der Waals surface area contributed by atoms with Crippen molar-refractivity contribution in [2.75, 3.05) is 6.61 Å². The van der Waals surface area contributed by atoms with Gasteiger partial charge in [0.1, 0.15) is 4.83 Å². The molecule has 1 amide bonds.